The van der Waals surface area contributed by atoms with E-state index in [1.54, 1.807) is 0 Å². The molecule has 33 heavy (non-hydrogen) atoms. The molecule has 1 fully saturated rings. The fraction of sp³-hybridized carbons (Fsp3) is 0.370. The van der Waals surface area contributed by atoms with Gasteiger partial charge in [-0.25, -0.2) is 4.79 Å². The second-order valence-corrected chi connectivity index (χ2v) is 8.46. The van der Waals surface area contributed by atoms with E-state index in [0.717, 1.165) is 36.4 Å². The van der Waals surface area contributed by atoms with E-state index in [4.69, 9.17) is 13.9 Å². The van der Waals surface area contributed by atoms with Crippen molar-refractivity contribution in [2.45, 2.75) is 25.9 Å². The van der Waals surface area contributed by atoms with Crippen molar-refractivity contribution < 1.29 is 18.7 Å². The van der Waals surface area contributed by atoms with Crippen molar-refractivity contribution >= 4 is 11.9 Å². The van der Waals surface area contributed by atoms with Gasteiger partial charge in [-0.05, 0) is 24.5 Å². The maximum atomic E-state index is 13.1. The van der Waals surface area contributed by atoms with Gasteiger partial charge in [0.05, 0.1) is 25.9 Å². The Balaban J connectivity index is 1.60. The van der Waals surface area contributed by atoms with Crippen molar-refractivity contribution in [3.05, 3.63) is 88.7 Å². The topological polar surface area (TPSA) is 55.1 Å². The van der Waals surface area contributed by atoms with Crippen LogP contribution in [0.4, 0.5) is 5.88 Å². The number of nitrogens with zero attached hydrogens (tertiary/aromatic N) is 2. The lowest BCUT2D eigenvalue weighted by Crippen LogP contribution is -2.37. The Morgan fingerprint density at radius 2 is 1.70 bits per heavy atom. The summed E-state index contributed by atoms with van der Waals surface area (Å²) in [6, 6.07) is 20.8. The number of hydrogen-bond donors (Lipinski definition) is 0. The zero-order valence-electron chi connectivity index (χ0n) is 19.0. The monoisotopic (exact) mass is 446 g/mol. The standard InChI is InChI=1S/C27H30N2O4/c1-2-32-27(30)23-22-13-14-29(19-20-9-5-3-6-10-20)24(21-11-7-4-8-12-21)25(22)33-26(23)28-15-17-31-18-16-28/h3-12,24H,2,13-19H2,1H3. The summed E-state index contributed by atoms with van der Waals surface area (Å²) in [5.41, 5.74) is 3.99. The number of furan rings is 1. The van der Waals surface area contributed by atoms with Crippen molar-refractivity contribution in [1.29, 1.82) is 0 Å². The van der Waals surface area contributed by atoms with Crippen molar-refractivity contribution in [3.63, 3.8) is 0 Å². The molecule has 1 aromatic heterocycles. The summed E-state index contributed by atoms with van der Waals surface area (Å²) in [5, 5.41) is 0. The lowest BCUT2D eigenvalue weighted by atomic mass is 9.91. The molecule has 3 heterocycles. The van der Waals surface area contributed by atoms with Crippen LogP contribution in [0.15, 0.2) is 65.1 Å². The van der Waals surface area contributed by atoms with Gasteiger partial charge in [-0.15, -0.1) is 0 Å². The van der Waals surface area contributed by atoms with E-state index in [-0.39, 0.29) is 12.0 Å². The molecule has 0 N–H and O–H groups in total. The van der Waals surface area contributed by atoms with Gasteiger partial charge >= 0.3 is 5.97 Å². The maximum absolute atomic E-state index is 13.1. The molecule has 0 saturated carbocycles. The first-order chi connectivity index (χ1) is 16.3. The number of fused-ring (bicyclic) bond motifs is 1. The molecule has 172 valence electrons. The largest absolute Gasteiger partial charge is 0.462 e. The Morgan fingerprint density at radius 1 is 1.00 bits per heavy atom. The Kier molecular flexibility index (Phi) is 6.46. The molecule has 1 saturated heterocycles. The Morgan fingerprint density at radius 3 is 2.39 bits per heavy atom. The summed E-state index contributed by atoms with van der Waals surface area (Å²) in [5.74, 6) is 1.18. The summed E-state index contributed by atoms with van der Waals surface area (Å²) < 4.78 is 17.6. The summed E-state index contributed by atoms with van der Waals surface area (Å²) in [7, 11) is 0. The molecule has 1 unspecified atom stereocenters. The molecule has 2 aromatic carbocycles. The molecule has 5 rings (SSSR count). The average molecular weight is 447 g/mol. The molecule has 2 aliphatic heterocycles. The van der Waals surface area contributed by atoms with E-state index in [9.17, 15) is 4.79 Å². The molecule has 2 aliphatic rings. The van der Waals surface area contributed by atoms with Crippen molar-refractivity contribution in [3.8, 4) is 0 Å². The molecule has 0 amide bonds. The second kappa shape index (κ2) is 9.81. The van der Waals surface area contributed by atoms with Crippen molar-refractivity contribution in [2.24, 2.45) is 0 Å². The highest BCUT2D eigenvalue weighted by Crippen LogP contribution is 2.43. The highest BCUT2D eigenvalue weighted by atomic mass is 16.5. The number of carbonyl (C=O) groups is 1. The normalized spacial score (nSPS) is 18.7. The quantitative estimate of drug-likeness (QED) is 0.522. The van der Waals surface area contributed by atoms with Crippen LogP contribution < -0.4 is 4.90 Å². The van der Waals surface area contributed by atoms with Gasteiger partial charge in [-0.3, -0.25) is 4.90 Å². The second-order valence-electron chi connectivity index (χ2n) is 8.46. The number of ether oxygens (including phenoxy) is 2. The fourth-order valence-corrected chi connectivity index (χ4v) is 4.88. The molecular formula is C27H30N2O4. The van der Waals surface area contributed by atoms with Gasteiger partial charge in [0.2, 0.25) is 5.88 Å². The van der Waals surface area contributed by atoms with E-state index in [1.807, 2.05) is 19.1 Å². The third kappa shape index (κ3) is 4.41. The SMILES string of the molecule is CCOC(=O)c1c(N2CCOCC2)oc2c1CCN(Cc1ccccc1)C2c1ccccc1. The molecule has 0 spiro atoms. The fourth-order valence-electron chi connectivity index (χ4n) is 4.88. The van der Waals surface area contributed by atoms with Gasteiger partial charge in [0.1, 0.15) is 11.3 Å². The summed E-state index contributed by atoms with van der Waals surface area (Å²) in [6.45, 7) is 6.45. The van der Waals surface area contributed by atoms with Crippen LogP contribution in [-0.4, -0.2) is 50.3 Å². The zero-order chi connectivity index (χ0) is 22.6. The average Bonchev–Trinajstić information content (AvgIpc) is 3.25. The molecule has 1 atom stereocenters. The van der Waals surface area contributed by atoms with Crippen LogP contribution in [-0.2, 0) is 22.4 Å². The van der Waals surface area contributed by atoms with Crippen LogP contribution in [0.5, 0.6) is 0 Å². The Bertz CT molecular complexity index is 1070. The van der Waals surface area contributed by atoms with Gasteiger partial charge in [0, 0.05) is 31.7 Å². The summed E-state index contributed by atoms with van der Waals surface area (Å²) in [4.78, 5) is 17.7. The number of morpholine rings is 1. The lowest BCUT2D eigenvalue weighted by Gasteiger charge is -2.35. The van der Waals surface area contributed by atoms with E-state index in [2.05, 4.69) is 58.3 Å². The van der Waals surface area contributed by atoms with Crippen molar-refractivity contribution in [1.82, 2.24) is 4.90 Å². The van der Waals surface area contributed by atoms with Crippen LogP contribution in [0.25, 0.3) is 0 Å². The van der Waals surface area contributed by atoms with Crippen LogP contribution in [0.1, 0.15) is 45.8 Å². The van der Waals surface area contributed by atoms with Crippen molar-refractivity contribution in [2.75, 3.05) is 44.4 Å². The lowest BCUT2D eigenvalue weighted by molar-refractivity contribution is 0.0523. The number of anilines is 1. The highest BCUT2D eigenvalue weighted by Gasteiger charge is 2.39. The Hall–Kier alpha value is -3.09. The third-order valence-corrected chi connectivity index (χ3v) is 6.40. The molecule has 6 nitrogen and oxygen atoms in total. The van der Waals surface area contributed by atoms with Crippen LogP contribution in [0, 0.1) is 0 Å². The van der Waals surface area contributed by atoms with E-state index in [0.29, 0.717) is 44.4 Å². The number of carbonyl (C=O) groups excluding carboxylic acids is 1. The summed E-state index contributed by atoms with van der Waals surface area (Å²) >= 11 is 0. The van der Waals surface area contributed by atoms with E-state index < -0.39 is 0 Å². The smallest absolute Gasteiger partial charge is 0.343 e. The van der Waals surface area contributed by atoms with Crippen LogP contribution in [0.2, 0.25) is 0 Å². The van der Waals surface area contributed by atoms with E-state index >= 15 is 0 Å². The number of esters is 1. The molecule has 0 radical (unpaired) electrons. The van der Waals surface area contributed by atoms with Crippen LogP contribution >= 0.6 is 0 Å². The van der Waals surface area contributed by atoms with Crippen LogP contribution in [0.3, 0.4) is 0 Å². The first kappa shape index (κ1) is 21.7. The maximum Gasteiger partial charge on any atom is 0.343 e. The minimum Gasteiger partial charge on any atom is -0.462 e. The first-order valence-electron chi connectivity index (χ1n) is 11.7. The third-order valence-electron chi connectivity index (χ3n) is 6.40. The first-order valence-corrected chi connectivity index (χ1v) is 11.7. The number of rotatable bonds is 6. The number of hydrogen-bond acceptors (Lipinski definition) is 6. The van der Waals surface area contributed by atoms with Gasteiger partial charge in [-0.2, -0.15) is 0 Å². The molecule has 3 aromatic rings. The number of benzene rings is 2. The predicted octanol–water partition coefficient (Wildman–Crippen LogP) is 4.44. The predicted molar refractivity (Wildman–Crippen MR) is 127 cm³/mol. The zero-order valence-corrected chi connectivity index (χ0v) is 19.0. The molecule has 0 aliphatic carbocycles. The minimum atomic E-state index is -0.299. The van der Waals surface area contributed by atoms with E-state index in [1.165, 1.54) is 5.56 Å². The van der Waals surface area contributed by atoms with Gasteiger partial charge in [-0.1, -0.05) is 60.7 Å². The summed E-state index contributed by atoms with van der Waals surface area (Å²) in [6.07, 6.45) is 0.744. The van der Waals surface area contributed by atoms with Gasteiger partial charge in [0.15, 0.2) is 0 Å². The Labute approximate surface area is 194 Å². The molecule has 0 bridgehead atoms. The highest BCUT2D eigenvalue weighted by molar-refractivity contribution is 5.97. The van der Waals surface area contributed by atoms with Gasteiger partial charge in [0.25, 0.3) is 0 Å². The van der Waals surface area contributed by atoms with Gasteiger partial charge < -0.3 is 18.8 Å². The molecule has 6 heteroatoms. The minimum absolute atomic E-state index is 0.0712. The molecular weight excluding hydrogens is 416 g/mol.